The minimum absolute atomic E-state index is 0.145. The molecule has 2 bridgehead atoms. The van der Waals surface area contributed by atoms with E-state index in [1.54, 1.807) is 4.90 Å². The van der Waals surface area contributed by atoms with Gasteiger partial charge in [-0.1, -0.05) is 86.6 Å². The molecule has 0 saturated heterocycles. The summed E-state index contributed by atoms with van der Waals surface area (Å²) in [5.74, 6) is -0.493. The lowest BCUT2D eigenvalue weighted by Crippen LogP contribution is -2.51. The van der Waals surface area contributed by atoms with Gasteiger partial charge in [-0.05, 0) is 29.4 Å². The van der Waals surface area contributed by atoms with E-state index in [1.807, 2.05) is 81.4 Å². The number of carbonyl (C=O) groups is 2. The Balaban J connectivity index is 1.77. The summed E-state index contributed by atoms with van der Waals surface area (Å²) in [4.78, 5) is 29.4. The maximum Gasteiger partial charge on any atom is 0.237 e. The molecular weight excluding hydrogens is 376 g/mol. The molecule has 2 aliphatic rings. The van der Waals surface area contributed by atoms with Crippen LogP contribution < -0.4 is 0 Å². The second-order valence-electron chi connectivity index (χ2n) is 9.27. The maximum atomic E-state index is 14.1. The number of amides is 1. The molecule has 0 aliphatic heterocycles. The van der Waals surface area contributed by atoms with Crippen molar-refractivity contribution >= 4 is 17.4 Å². The molecule has 2 aliphatic carbocycles. The molecule has 2 unspecified atom stereocenters. The Morgan fingerprint density at radius 2 is 1.43 bits per heavy atom. The van der Waals surface area contributed by atoms with Crippen molar-refractivity contribution in [2.24, 2.45) is 21.4 Å². The summed E-state index contributed by atoms with van der Waals surface area (Å²) >= 11 is 0. The third kappa shape index (κ3) is 2.64. The number of carbonyl (C=O) groups excluding carboxylic acids is 2. The predicted octanol–water partition coefficient (Wildman–Crippen LogP) is 4.44. The van der Waals surface area contributed by atoms with Crippen LogP contribution in [0.15, 0.2) is 65.8 Å². The molecule has 1 amide bonds. The number of oxime groups is 1. The Kier molecular flexibility index (Phi) is 4.80. The van der Waals surface area contributed by atoms with Crippen LogP contribution in [0.5, 0.6) is 0 Å². The quantitative estimate of drug-likeness (QED) is 0.455. The summed E-state index contributed by atoms with van der Waals surface area (Å²) in [7, 11) is 0. The monoisotopic (exact) mass is 404 g/mol. The highest BCUT2D eigenvalue weighted by atomic mass is 16.4. The van der Waals surface area contributed by atoms with Gasteiger partial charge in [0.25, 0.3) is 0 Å². The number of hydrogen-bond acceptors (Lipinski definition) is 4. The molecule has 0 radical (unpaired) electrons. The van der Waals surface area contributed by atoms with Gasteiger partial charge in [0, 0.05) is 18.5 Å². The van der Waals surface area contributed by atoms with E-state index in [0.29, 0.717) is 25.9 Å². The lowest BCUT2D eigenvalue weighted by atomic mass is 9.64. The molecule has 2 saturated carbocycles. The largest absolute Gasteiger partial charge is 0.411 e. The normalized spacial score (nSPS) is 28.1. The van der Waals surface area contributed by atoms with Gasteiger partial charge in [-0.15, -0.1) is 0 Å². The zero-order chi connectivity index (χ0) is 21.6. The molecular formula is C25H28N2O3. The molecule has 30 heavy (non-hydrogen) atoms. The number of hydrogen-bond donors (Lipinski definition) is 1. The van der Waals surface area contributed by atoms with Crippen LogP contribution in [-0.4, -0.2) is 27.5 Å². The number of fused-ring (bicyclic) bond motifs is 2. The van der Waals surface area contributed by atoms with Gasteiger partial charge in [-0.2, -0.15) is 0 Å². The topological polar surface area (TPSA) is 70.0 Å². The van der Waals surface area contributed by atoms with Crippen LogP contribution in [0.1, 0.15) is 44.7 Å². The molecule has 2 aromatic carbocycles. The van der Waals surface area contributed by atoms with Gasteiger partial charge >= 0.3 is 0 Å². The van der Waals surface area contributed by atoms with Crippen LogP contribution >= 0.6 is 0 Å². The minimum Gasteiger partial charge on any atom is -0.411 e. The molecule has 2 aromatic rings. The Labute approximate surface area is 177 Å². The predicted molar refractivity (Wildman–Crippen MR) is 115 cm³/mol. The summed E-state index contributed by atoms with van der Waals surface area (Å²) in [5, 5.41) is 13.0. The van der Waals surface area contributed by atoms with Crippen LogP contribution in [0.2, 0.25) is 0 Å². The number of ketones is 1. The standard InChI is InChI=1S/C25H28N2O3/c1-23(2)24(3)14-15-25(23,21(28)20(24)26-30)22(29)27(16-18-10-6-4-7-11-18)17-19-12-8-5-9-13-19/h4-13,30H,14-17H2,1-3H3. The SMILES string of the molecule is CC12CCC(C(=O)N(Cc3ccccc3)Cc3ccccc3)(C(=O)C1=NO)C2(C)C. The highest BCUT2D eigenvalue weighted by Gasteiger charge is 2.77. The molecule has 0 heterocycles. The van der Waals surface area contributed by atoms with Gasteiger partial charge in [-0.3, -0.25) is 9.59 Å². The van der Waals surface area contributed by atoms with Crippen LogP contribution in [-0.2, 0) is 22.7 Å². The maximum absolute atomic E-state index is 14.1. The molecule has 0 aromatic heterocycles. The van der Waals surface area contributed by atoms with Gasteiger partial charge in [-0.25, -0.2) is 0 Å². The summed E-state index contributed by atoms with van der Waals surface area (Å²) in [6.07, 6.45) is 1.13. The number of rotatable bonds is 5. The highest BCUT2D eigenvalue weighted by Crippen LogP contribution is 2.69. The number of nitrogens with zero attached hydrogens (tertiary/aromatic N) is 2. The first-order chi connectivity index (χ1) is 14.3. The average Bonchev–Trinajstić information content (AvgIpc) is 3.02. The van der Waals surface area contributed by atoms with Crippen LogP contribution in [0.4, 0.5) is 0 Å². The van der Waals surface area contributed by atoms with E-state index in [0.717, 1.165) is 11.1 Å². The molecule has 156 valence electrons. The molecule has 5 nitrogen and oxygen atoms in total. The van der Waals surface area contributed by atoms with Crippen molar-refractivity contribution < 1.29 is 14.8 Å². The van der Waals surface area contributed by atoms with Gasteiger partial charge in [0.15, 0.2) is 5.78 Å². The fourth-order valence-electron chi connectivity index (χ4n) is 5.50. The second-order valence-corrected chi connectivity index (χ2v) is 9.27. The molecule has 5 heteroatoms. The second kappa shape index (κ2) is 7.08. The third-order valence-electron chi connectivity index (χ3n) is 7.76. The first kappa shape index (κ1) is 20.3. The summed E-state index contributed by atoms with van der Waals surface area (Å²) in [5.41, 5.74) is -0.281. The van der Waals surface area contributed by atoms with E-state index in [2.05, 4.69) is 5.16 Å². The van der Waals surface area contributed by atoms with Crippen molar-refractivity contribution in [3.63, 3.8) is 0 Å². The van der Waals surface area contributed by atoms with Crippen molar-refractivity contribution in [3.8, 4) is 0 Å². The van der Waals surface area contributed by atoms with E-state index in [1.165, 1.54) is 0 Å². The Morgan fingerprint density at radius 3 is 1.87 bits per heavy atom. The lowest BCUT2D eigenvalue weighted by Gasteiger charge is -2.40. The Bertz CT molecular complexity index is 958. The lowest BCUT2D eigenvalue weighted by molar-refractivity contribution is -0.154. The highest BCUT2D eigenvalue weighted by molar-refractivity contribution is 6.50. The van der Waals surface area contributed by atoms with E-state index in [-0.39, 0.29) is 17.4 Å². The molecule has 2 fully saturated rings. The van der Waals surface area contributed by atoms with Crippen LogP contribution in [0, 0.1) is 16.2 Å². The van der Waals surface area contributed by atoms with Gasteiger partial charge in [0.05, 0.1) is 0 Å². The van der Waals surface area contributed by atoms with E-state index >= 15 is 0 Å². The van der Waals surface area contributed by atoms with Crippen LogP contribution in [0.3, 0.4) is 0 Å². The van der Waals surface area contributed by atoms with Gasteiger partial charge in [0.2, 0.25) is 5.91 Å². The first-order valence-electron chi connectivity index (χ1n) is 10.4. The fraction of sp³-hybridized carbons (Fsp3) is 0.400. The summed E-state index contributed by atoms with van der Waals surface area (Å²) < 4.78 is 0. The molecule has 0 spiro atoms. The number of benzene rings is 2. The van der Waals surface area contributed by atoms with E-state index in [4.69, 9.17) is 0 Å². The van der Waals surface area contributed by atoms with E-state index < -0.39 is 16.2 Å². The zero-order valence-electron chi connectivity index (χ0n) is 17.8. The summed E-state index contributed by atoms with van der Waals surface area (Å²) in [6, 6.07) is 19.7. The number of Topliss-reactive ketones (excluding diaryl/α,β-unsaturated/α-hetero) is 1. The molecule has 2 atom stereocenters. The average molecular weight is 405 g/mol. The smallest absolute Gasteiger partial charge is 0.237 e. The first-order valence-corrected chi connectivity index (χ1v) is 10.4. The van der Waals surface area contributed by atoms with Crippen molar-refractivity contribution in [3.05, 3.63) is 71.8 Å². The van der Waals surface area contributed by atoms with Gasteiger partial charge in [0.1, 0.15) is 11.1 Å². The van der Waals surface area contributed by atoms with Crippen LogP contribution in [0.25, 0.3) is 0 Å². The zero-order valence-corrected chi connectivity index (χ0v) is 17.8. The summed E-state index contributed by atoms with van der Waals surface area (Å²) in [6.45, 7) is 6.72. The van der Waals surface area contributed by atoms with Crippen molar-refractivity contribution in [2.75, 3.05) is 0 Å². The third-order valence-corrected chi connectivity index (χ3v) is 7.76. The van der Waals surface area contributed by atoms with Crippen molar-refractivity contribution in [1.29, 1.82) is 0 Å². The minimum atomic E-state index is -1.20. The van der Waals surface area contributed by atoms with E-state index in [9.17, 15) is 14.8 Å². The Hall–Kier alpha value is -2.95. The van der Waals surface area contributed by atoms with Crippen molar-refractivity contribution in [2.45, 2.75) is 46.7 Å². The molecule has 4 rings (SSSR count). The van der Waals surface area contributed by atoms with Gasteiger partial charge < -0.3 is 10.1 Å². The Morgan fingerprint density at radius 1 is 0.933 bits per heavy atom. The fourth-order valence-corrected chi connectivity index (χ4v) is 5.50. The van der Waals surface area contributed by atoms with Crippen molar-refractivity contribution in [1.82, 2.24) is 4.90 Å². The molecule has 1 N–H and O–H groups in total.